The van der Waals surface area contributed by atoms with Crippen molar-refractivity contribution in [1.29, 1.82) is 0 Å². The number of carboxylic acid groups (broad SMARTS) is 1. The first kappa shape index (κ1) is 19.9. The average molecular weight is 382 g/mol. The van der Waals surface area contributed by atoms with Gasteiger partial charge in [0.25, 0.3) is 5.91 Å². The molecule has 1 aliphatic rings. The van der Waals surface area contributed by atoms with Crippen molar-refractivity contribution in [2.75, 3.05) is 32.3 Å². The quantitative estimate of drug-likeness (QED) is 0.642. The summed E-state index contributed by atoms with van der Waals surface area (Å²) in [6.07, 6.45) is 0.727. The zero-order valence-corrected chi connectivity index (χ0v) is 15.5. The summed E-state index contributed by atoms with van der Waals surface area (Å²) in [6.45, 7) is -0.310. The van der Waals surface area contributed by atoms with Crippen LogP contribution in [0.2, 0.25) is 0 Å². The molecule has 0 saturated carbocycles. The van der Waals surface area contributed by atoms with E-state index >= 15 is 0 Å². The molecule has 1 aromatic carbocycles. The zero-order chi connectivity index (χ0) is 19.2. The van der Waals surface area contributed by atoms with Crippen molar-refractivity contribution in [3.63, 3.8) is 0 Å². The summed E-state index contributed by atoms with van der Waals surface area (Å²) in [6, 6.07) is 4.64. The van der Waals surface area contributed by atoms with Crippen LogP contribution in [0.1, 0.15) is 23.2 Å². The van der Waals surface area contributed by atoms with E-state index in [1.54, 1.807) is 23.9 Å². The highest BCUT2D eigenvalue weighted by molar-refractivity contribution is 7.99. The minimum atomic E-state index is -1.25. The lowest BCUT2D eigenvalue weighted by Gasteiger charge is -2.33. The molecule has 0 atom stereocenters. The van der Waals surface area contributed by atoms with Crippen LogP contribution in [0.4, 0.5) is 0 Å². The van der Waals surface area contributed by atoms with Crippen molar-refractivity contribution in [3.05, 3.63) is 23.8 Å². The predicted octanol–water partition coefficient (Wildman–Crippen LogP) is 0.900. The number of benzene rings is 1. The highest BCUT2D eigenvalue weighted by Crippen LogP contribution is 2.28. The molecule has 0 aliphatic carbocycles. The maximum absolute atomic E-state index is 12.2. The van der Waals surface area contributed by atoms with Crippen molar-refractivity contribution in [3.8, 4) is 11.5 Å². The van der Waals surface area contributed by atoms with Crippen molar-refractivity contribution in [1.82, 2.24) is 10.6 Å². The molecule has 2 rings (SSSR count). The molecule has 0 aromatic heterocycles. The molecule has 1 heterocycles. The molecule has 142 valence electrons. The van der Waals surface area contributed by atoms with E-state index in [1.807, 2.05) is 0 Å². The molecular formula is C17H22N2O6S. The minimum absolute atomic E-state index is 0.303. The van der Waals surface area contributed by atoms with E-state index in [4.69, 9.17) is 9.47 Å². The Labute approximate surface area is 155 Å². The SMILES string of the molecule is COc1ccc(C(=O)NCC(=O)NC2(C(=O)O)CCSCC2)cc1OC. The smallest absolute Gasteiger partial charge is 0.329 e. The standard InChI is InChI=1S/C17H22N2O6S/c1-24-12-4-3-11(9-13(12)25-2)15(21)18-10-14(20)19-17(16(22)23)5-7-26-8-6-17/h3-4,9H,5-8,10H2,1-2H3,(H,18,21)(H,19,20)(H,22,23). The summed E-state index contributed by atoms with van der Waals surface area (Å²) in [5.41, 5.74) is -0.950. The van der Waals surface area contributed by atoms with Crippen LogP contribution < -0.4 is 20.1 Å². The van der Waals surface area contributed by atoms with Crippen LogP contribution in [-0.2, 0) is 9.59 Å². The molecule has 1 saturated heterocycles. The lowest BCUT2D eigenvalue weighted by Crippen LogP contribution is -2.58. The van der Waals surface area contributed by atoms with Gasteiger partial charge in [0.2, 0.25) is 5.91 Å². The Balaban J connectivity index is 1.96. The van der Waals surface area contributed by atoms with Gasteiger partial charge in [-0.15, -0.1) is 0 Å². The van der Waals surface area contributed by atoms with Gasteiger partial charge in [-0.05, 0) is 42.5 Å². The van der Waals surface area contributed by atoms with Crippen molar-refractivity contribution < 1.29 is 29.0 Å². The highest BCUT2D eigenvalue weighted by Gasteiger charge is 2.41. The maximum Gasteiger partial charge on any atom is 0.329 e. The van der Waals surface area contributed by atoms with Gasteiger partial charge in [-0.1, -0.05) is 0 Å². The molecule has 1 aliphatic heterocycles. The summed E-state index contributed by atoms with van der Waals surface area (Å²) in [7, 11) is 2.95. The molecule has 1 fully saturated rings. The molecule has 8 nitrogen and oxygen atoms in total. The second kappa shape index (κ2) is 8.79. The lowest BCUT2D eigenvalue weighted by atomic mass is 9.92. The van der Waals surface area contributed by atoms with Gasteiger partial charge >= 0.3 is 5.97 Å². The number of thioether (sulfide) groups is 1. The summed E-state index contributed by atoms with van der Waals surface area (Å²) in [5.74, 6) is 0.180. The second-order valence-corrected chi connectivity index (χ2v) is 7.02. The van der Waals surface area contributed by atoms with Gasteiger partial charge in [0.15, 0.2) is 11.5 Å². The Bertz CT molecular complexity index is 688. The first-order valence-corrected chi connectivity index (χ1v) is 9.20. The van der Waals surface area contributed by atoms with Gasteiger partial charge in [0, 0.05) is 5.56 Å². The van der Waals surface area contributed by atoms with Crippen molar-refractivity contribution in [2.24, 2.45) is 0 Å². The molecule has 0 radical (unpaired) electrons. The highest BCUT2D eigenvalue weighted by atomic mass is 32.2. The van der Waals surface area contributed by atoms with E-state index < -0.39 is 23.3 Å². The summed E-state index contributed by atoms with van der Waals surface area (Å²) in [4.78, 5) is 35.9. The van der Waals surface area contributed by atoms with Crippen LogP contribution in [0.3, 0.4) is 0 Å². The van der Waals surface area contributed by atoms with Crippen LogP contribution in [0.5, 0.6) is 11.5 Å². The fraction of sp³-hybridized carbons (Fsp3) is 0.471. The Morgan fingerprint density at radius 1 is 1.15 bits per heavy atom. The van der Waals surface area contributed by atoms with E-state index in [0.29, 0.717) is 41.4 Å². The van der Waals surface area contributed by atoms with Gasteiger partial charge in [0.1, 0.15) is 5.54 Å². The Hall–Kier alpha value is -2.42. The van der Waals surface area contributed by atoms with E-state index in [0.717, 1.165) is 0 Å². The second-order valence-electron chi connectivity index (χ2n) is 5.80. The van der Waals surface area contributed by atoms with Gasteiger partial charge in [-0.2, -0.15) is 11.8 Å². The molecule has 0 spiro atoms. The van der Waals surface area contributed by atoms with Gasteiger partial charge in [-0.3, -0.25) is 9.59 Å². The average Bonchev–Trinajstić information content (AvgIpc) is 2.66. The number of methoxy groups -OCH3 is 2. The minimum Gasteiger partial charge on any atom is -0.493 e. The summed E-state index contributed by atoms with van der Waals surface area (Å²) < 4.78 is 10.3. The van der Waals surface area contributed by atoms with Crippen LogP contribution in [0.15, 0.2) is 18.2 Å². The topological polar surface area (TPSA) is 114 Å². The number of amides is 2. The molecular weight excluding hydrogens is 360 g/mol. The normalized spacial score (nSPS) is 15.6. The van der Waals surface area contributed by atoms with E-state index in [2.05, 4.69) is 10.6 Å². The monoisotopic (exact) mass is 382 g/mol. The van der Waals surface area contributed by atoms with Gasteiger partial charge in [0.05, 0.1) is 20.8 Å². The number of aliphatic carboxylic acids is 1. The molecule has 0 unspecified atom stereocenters. The van der Waals surface area contributed by atoms with Crippen molar-refractivity contribution >= 4 is 29.5 Å². The Morgan fingerprint density at radius 3 is 2.38 bits per heavy atom. The van der Waals surface area contributed by atoms with E-state index in [9.17, 15) is 19.5 Å². The molecule has 3 N–H and O–H groups in total. The van der Waals surface area contributed by atoms with E-state index in [1.165, 1.54) is 20.3 Å². The first-order chi connectivity index (χ1) is 12.4. The number of nitrogens with one attached hydrogen (secondary N) is 2. The summed E-state index contributed by atoms with van der Waals surface area (Å²) in [5, 5.41) is 14.5. The van der Waals surface area contributed by atoms with Crippen LogP contribution >= 0.6 is 11.8 Å². The molecule has 2 amide bonds. The summed E-state index contributed by atoms with van der Waals surface area (Å²) >= 11 is 1.66. The lowest BCUT2D eigenvalue weighted by molar-refractivity contribution is -0.147. The maximum atomic E-state index is 12.2. The van der Waals surface area contributed by atoms with E-state index in [-0.39, 0.29) is 6.54 Å². The number of carbonyl (C=O) groups excluding carboxylic acids is 2. The van der Waals surface area contributed by atoms with Crippen LogP contribution in [0, 0.1) is 0 Å². The van der Waals surface area contributed by atoms with Crippen molar-refractivity contribution in [2.45, 2.75) is 18.4 Å². The molecule has 1 aromatic rings. The van der Waals surface area contributed by atoms with Crippen LogP contribution in [0.25, 0.3) is 0 Å². The number of hydrogen-bond acceptors (Lipinski definition) is 6. The molecule has 0 bridgehead atoms. The molecule has 9 heteroatoms. The van der Waals surface area contributed by atoms with Gasteiger partial charge in [-0.25, -0.2) is 4.79 Å². The largest absolute Gasteiger partial charge is 0.493 e. The zero-order valence-electron chi connectivity index (χ0n) is 14.7. The Morgan fingerprint density at radius 2 is 1.81 bits per heavy atom. The third kappa shape index (κ3) is 4.60. The third-order valence-corrected chi connectivity index (χ3v) is 5.18. The van der Waals surface area contributed by atoms with Crippen LogP contribution in [-0.4, -0.2) is 60.7 Å². The molecule has 26 heavy (non-hydrogen) atoms. The number of carbonyl (C=O) groups is 3. The Kier molecular flexibility index (Phi) is 6.73. The predicted molar refractivity (Wildman–Crippen MR) is 96.9 cm³/mol. The third-order valence-electron chi connectivity index (χ3n) is 4.19. The fourth-order valence-corrected chi connectivity index (χ4v) is 3.85. The number of rotatable bonds is 7. The number of hydrogen-bond donors (Lipinski definition) is 3. The fourth-order valence-electron chi connectivity index (χ4n) is 2.66. The first-order valence-electron chi connectivity index (χ1n) is 8.04. The number of ether oxygens (including phenoxy) is 2. The number of carboxylic acids is 1. The van der Waals surface area contributed by atoms with Gasteiger partial charge < -0.3 is 25.2 Å².